The molecule has 4 rings (SSSR count). The molecule has 2 aromatic rings. The first-order valence-corrected chi connectivity index (χ1v) is 13.6. The molecule has 1 saturated carbocycles. The van der Waals surface area contributed by atoms with Gasteiger partial charge in [-0.15, -0.1) is 11.8 Å². The Morgan fingerprint density at radius 3 is 2.76 bits per heavy atom. The largest absolute Gasteiger partial charge is 0.385 e. The van der Waals surface area contributed by atoms with Gasteiger partial charge in [0.1, 0.15) is 0 Å². The van der Waals surface area contributed by atoms with Crippen molar-refractivity contribution in [2.24, 2.45) is 13.0 Å². The molecule has 1 aliphatic carbocycles. The van der Waals surface area contributed by atoms with Crippen molar-refractivity contribution >= 4 is 17.7 Å². The van der Waals surface area contributed by atoms with Crippen molar-refractivity contribution in [1.29, 1.82) is 0 Å². The Labute approximate surface area is 207 Å². The number of aromatic nitrogens is 1. The third-order valence-electron chi connectivity index (χ3n) is 7.13. The van der Waals surface area contributed by atoms with E-state index < -0.39 is 0 Å². The van der Waals surface area contributed by atoms with Crippen LogP contribution in [0.25, 0.3) is 0 Å². The maximum Gasteiger partial charge on any atom is 0.250 e. The molecule has 0 bridgehead atoms. The fourth-order valence-electron chi connectivity index (χ4n) is 5.01. The van der Waals surface area contributed by atoms with Gasteiger partial charge in [0.2, 0.25) is 5.91 Å². The Bertz CT molecular complexity index is 1050. The van der Waals surface area contributed by atoms with E-state index in [2.05, 4.69) is 34.7 Å². The van der Waals surface area contributed by atoms with Crippen LogP contribution in [0.2, 0.25) is 0 Å². The Hall–Kier alpha value is -2.09. The van der Waals surface area contributed by atoms with E-state index in [1.807, 2.05) is 12.3 Å². The van der Waals surface area contributed by atoms with Crippen molar-refractivity contribution in [1.82, 2.24) is 14.8 Å². The average Bonchev–Trinajstić information content (AvgIpc) is 3.69. The van der Waals surface area contributed by atoms with E-state index in [4.69, 9.17) is 4.74 Å². The lowest BCUT2D eigenvalue weighted by atomic mass is 9.80. The fraction of sp³-hybridized carbons (Fsp3) is 0.556. The van der Waals surface area contributed by atoms with E-state index in [0.29, 0.717) is 19.1 Å². The number of methoxy groups -OCH3 is 1. The molecule has 1 saturated heterocycles. The topological polar surface area (TPSA) is 63.6 Å². The van der Waals surface area contributed by atoms with Crippen LogP contribution in [0.3, 0.4) is 0 Å². The maximum absolute atomic E-state index is 14.0. The van der Waals surface area contributed by atoms with Gasteiger partial charge in [-0.05, 0) is 79.6 Å². The summed E-state index contributed by atoms with van der Waals surface area (Å²) < 4.78 is 6.80. The van der Waals surface area contributed by atoms with E-state index in [9.17, 15) is 9.59 Å². The summed E-state index contributed by atoms with van der Waals surface area (Å²) in [6, 6.07) is 10.7. The van der Waals surface area contributed by atoms with Crippen LogP contribution in [0.15, 0.2) is 46.2 Å². The number of pyridine rings is 1. The highest BCUT2D eigenvalue weighted by Crippen LogP contribution is 2.36. The molecule has 1 amide bonds. The van der Waals surface area contributed by atoms with Crippen LogP contribution in [0.5, 0.6) is 0 Å². The van der Waals surface area contributed by atoms with E-state index in [1.54, 1.807) is 36.6 Å². The van der Waals surface area contributed by atoms with Crippen LogP contribution in [0.4, 0.5) is 0 Å². The third-order valence-corrected chi connectivity index (χ3v) is 7.96. The highest BCUT2D eigenvalue weighted by molar-refractivity contribution is 7.98. The fourth-order valence-corrected chi connectivity index (χ4v) is 5.60. The smallest absolute Gasteiger partial charge is 0.250 e. The number of carbonyl (C=O) groups excluding carboxylic acids is 1. The van der Waals surface area contributed by atoms with Crippen molar-refractivity contribution in [3.8, 4) is 0 Å². The Morgan fingerprint density at radius 1 is 1.24 bits per heavy atom. The zero-order chi connectivity index (χ0) is 24.1. The summed E-state index contributed by atoms with van der Waals surface area (Å²) in [6.45, 7) is 2.93. The lowest BCUT2D eigenvalue weighted by Gasteiger charge is -2.36. The molecule has 6 nitrogen and oxygen atoms in total. The number of hydrogen-bond acceptors (Lipinski definition) is 5. The van der Waals surface area contributed by atoms with Gasteiger partial charge in [0, 0.05) is 57.1 Å². The number of ether oxygens (including phenoxy) is 1. The summed E-state index contributed by atoms with van der Waals surface area (Å²) in [4.78, 5) is 29.6. The average molecular weight is 484 g/mol. The van der Waals surface area contributed by atoms with Crippen LogP contribution in [0, 0.1) is 5.92 Å². The van der Waals surface area contributed by atoms with Gasteiger partial charge in [-0.1, -0.05) is 12.1 Å². The van der Waals surface area contributed by atoms with Crippen molar-refractivity contribution in [3.05, 3.63) is 63.6 Å². The van der Waals surface area contributed by atoms with Gasteiger partial charge in [0.05, 0.1) is 5.92 Å². The van der Waals surface area contributed by atoms with E-state index >= 15 is 0 Å². The van der Waals surface area contributed by atoms with Gasteiger partial charge in [0.25, 0.3) is 5.56 Å². The predicted molar refractivity (Wildman–Crippen MR) is 137 cm³/mol. The zero-order valence-corrected chi connectivity index (χ0v) is 21.4. The predicted octanol–water partition coefficient (Wildman–Crippen LogP) is 3.57. The molecule has 2 unspecified atom stereocenters. The van der Waals surface area contributed by atoms with Gasteiger partial charge in [0.15, 0.2) is 0 Å². The van der Waals surface area contributed by atoms with E-state index in [1.165, 1.54) is 16.0 Å². The minimum atomic E-state index is -0.149. The SMILES string of the molecule is COCCCc1ccc(SC)c(CN(C(=O)C2CNCCC2c2ccn(C)c(=O)c2)C2CC2)c1. The zero-order valence-electron chi connectivity index (χ0n) is 20.6. The maximum atomic E-state index is 14.0. The first kappa shape index (κ1) is 25.0. The minimum absolute atomic E-state index is 0.0174. The van der Waals surface area contributed by atoms with Crippen molar-refractivity contribution in [2.45, 2.75) is 55.5 Å². The number of thioether (sulfide) groups is 1. The van der Waals surface area contributed by atoms with E-state index in [-0.39, 0.29) is 23.3 Å². The van der Waals surface area contributed by atoms with Gasteiger partial charge < -0.3 is 19.5 Å². The van der Waals surface area contributed by atoms with Crippen molar-refractivity contribution < 1.29 is 9.53 Å². The molecular formula is C27H37N3O3S. The van der Waals surface area contributed by atoms with Crippen LogP contribution in [-0.4, -0.2) is 54.5 Å². The second-order valence-electron chi connectivity index (χ2n) is 9.55. The van der Waals surface area contributed by atoms with Crippen LogP contribution < -0.4 is 10.9 Å². The highest BCUT2D eigenvalue weighted by atomic mass is 32.2. The number of hydrogen-bond donors (Lipinski definition) is 1. The Kier molecular flexibility index (Phi) is 8.51. The lowest BCUT2D eigenvalue weighted by molar-refractivity contribution is -0.138. The molecule has 34 heavy (non-hydrogen) atoms. The number of benzene rings is 1. The van der Waals surface area contributed by atoms with Crippen LogP contribution in [-0.2, 0) is 29.5 Å². The molecule has 2 fully saturated rings. The van der Waals surface area contributed by atoms with Gasteiger partial charge >= 0.3 is 0 Å². The normalized spacial score (nSPS) is 20.3. The molecular weight excluding hydrogens is 446 g/mol. The molecule has 1 N–H and O–H groups in total. The quantitative estimate of drug-likeness (QED) is 0.414. The molecule has 0 radical (unpaired) electrons. The monoisotopic (exact) mass is 483 g/mol. The van der Waals surface area contributed by atoms with E-state index in [0.717, 1.165) is 50.8 Å². The van der Waals surface area contributed by atoms with Crippen LogP contribution >= 0.6 is 11.8 Å². The molecule has 2 heterocycles. The Morgan fingerprint density at radius 2 is 2.06 bits per heavy atom. The summed E-state index contributed by atoms with van der Waals surface area (Å²) in [5.41, 5.74) is 3.50. The summed E-state index contributed by atoms with van der Waals surface area (Å²) in [5.74, 6) is 0.144. The van der Waals surface area contributed by atoms with Gasteiger partial charge in [-0.25, -0.2) is 0 Å². The second-order valence-corrected chi connectivity index (χ2v) is 10.4. The summed E-state index contributed by atoms with van der Waals surface area (Å²) in [5, 5.41) is 3.43. The molecule has 2 aliphatic rings. The number of piperidine rings is 1. The van der Waals surface area contributed by atoms with Crippen molar-refractivity contribution in [3.63, 3.8) is 0 Å². The second kappa shape index (κ2) is 11.6. The summed E-state index contributed by atoms with van der Waals surface area (Å²) >= 11 is 1.74. The number of nitrogens with one attached hydrogen (secondary N) is 1. The molecule has 1 aromatic heterocycles. The number of rotatable bonds is 10. The molecule has 1 aromatic carbocycles. The summed E-state index contributed by atoms with van der Waals surface area (Å²) in [6.07, 6.45) is 8.90. The third kappa shape index (κ3) is 5.93. The number of amides is 1. The standard InChI is InChI=1S/C27H37N3O3S/c1-29-13-11-20(16-26(29)31)23-10-12-28-17-24(23)27(32)30(22-7-8-22)18-21-15-19(5-4-14-33-2)6-9-25(21)34-3/h6,9,11,13,15-16,22-24,28H,4-5,7-8,10,12,14,17-18H2,1-3H3. The molecule has 2 atom stereocenters. The van der Waals surface area contributed by atoms with Gasteiger partial charge in [-0.3, -0.25) is 9.59 Å². The number of carbonyl (C=O) groups is 1. The number of aryl methyl sites for hydroxylation is 2. The Balaban J connectivity index is 1.57. The summed E-state index contributed by atoms with van der Waals surface area (Å²) in [7, 11) is 3.50. The number of nitrogens with zero attached hydrogens (tertiary/aromatic N) is 2. The molecule has 184 valence electrons. The van der Waals surface area contributed by atoms with Gasteiger partial charge in [-0.2, -0.15) is 0 Å². The molecule has 7 heteroatoms. The lowest BCUT2D eigenvalue weighted by Crippen LogP contribution is -2.47. The molecule has 0 spiro atoms. The minimum Gasteiger partial charge on any atom is -0.385 e. The van der Waals surface area contributed by atoms with Crippen LogP contribution in [0.1, 0.15) is 48.3 Å². The highest BCUT2D eigenvalue weighted by Gasteiger charge is 2.40. The van der Waals surface area contributed by atoms with Crippen molar-refractivity contribution in [2.75, 3.05) is 33.1 Å². The molecule has 1 aliphatic heterocycles. The first-order chi connectivity index (χ1) is 16.5. The first-order valence-electron chi connectivity index (χ1n) is 12.3.